The topological polar surface area (TPSA) is 42.2 Å². The van der Waals surface area contributed by atoms with Gasteiger partial charge in [0.05, 0.1) is 30.2 Å². The number of rotatable bonds is 1. The first kappa shape index (κ1) is 10.3. The van der Waals surface area contributed by atoms with E-state index in [1.165, 1.54) is 0 Å². The summed E-state index contributed by atoms with van der Waals surface area (Å²) in [5.74, 6) is 1.47. The van der Waals surface area contributed by atoms with E-state index in [2.05, 4.69) is 22.0 Å². The van der Waals surface area contributed by atoms with Gasteiger partial charge in [0.1, 0.15) is 0 Å². The fraction of sp³-hybridized carbons (Fsp3) is 0.364. The van der Waals surface area contributed by atoms with Gasteiger partial charge in [0.15, 0.2) is 11.5 Å². The average molecular weight is 268 g/mol. The van der Waals surface area contributed by atoms with Crippen molar-refractivity contribution in [2.75, 3.05) is 13.2 Å². The molecular formula is C11H10BrNO2. The lowest BCUT2D eigenvalue weighted by Crippen LogP contribution is -1.97. The summed E-state index contributed by atoms with van der Waals surface area (Å²) in [5.41, 5.74) is 0.932. The second-order valence-electron chi connectivity index (χ2n) is 3.25. The molecule has 2 rings (SSSR count). The molecule has 0 unspecified atom stereocenters. The lowest BCUT2D eigenvalue weighted by atomic mass is 10.1. The van der Waals surface area contributed by atoms with Crippen LogP contribution in [0.15, 0.2) is 16.6 Å². The molecule has 0 N–H and O–H groups in total. The quantitative estimate of drug-likeness (QED) is 0.786. The maximum atomic E-state index is 8.66. The summed E-state index contributed by atoms with van der Waals surface area (Å²) in [6, 6.07) is 5.87. The molecule has 0 atom stereocenters. The number of halogens is 1. The van der Waals surface area contributed by atoms with Crippen molar-refractivity contribution in [3.8, 4) is 17.6 Å². The van der Waals surface area contributed by atoms with Crippen LogP contribution in [0.4, 0.5) is 0 Å². The van der Waals surface area contributed by atoms with E-state index < -0.39 is 0 Å². The largest absolute Gasteiger partial charge is 0.490 e. The summed E-state index contributed by atoms with van der Waals surface area (Å²) in [4.78, 5) is 0. The molecule has 0 aliphatic carbocycles. The SMILES string of the molecule is N#CCc1ccc2c(c1Br)OCCCO2. The van der Waals surface area contributed by atoms with E-state index >= 15 is 0 Å². The molecule has 0 aromatic heterocycles. The van der Waals surface area contributed by atoms with Gasteiger partial charge < -0.3 is 9.47 Å². The molecular weight excluding hydrogens is 258 g/mol. The Bertz CT molecular complexity index is 412. The van der Waals surface area contributed by atoms with Crippen molar-refractivity contribution in [2.45, 2.75) is 12.8 Å². The molecule has 0 spiro atoms. The van der Waals surface area contributed by atoms with Crippen LogP contribution < -0.4 is 9.47 Å². The summed E-state index contributed by atoms with van der Waals surface area (Å²) >= 11 is 3.45. The van der Waals surface area contributed by atoms with Gasteiger partial charge in [-0.1, -0.05) is 6.07 Å². The van der Waals surface area contributed by atoms with E-state index in [0.29, 0.717) is 19.6 Å². The molecule has 15 heavy (non-hydrogen) atoms. The fourth-order valence-electron chi connectivity index (χ4n) is 1.46. The highest BCUT2D eigenvalue weighted by Crippen LogP contribution is 2.39. The molecule has 1 aromatic carbocycles. The predicted octanol–water partition coefficient (Wildman–Crippen LogP) is 2.68. The van der Waals surface area contributed by atoms with Crippen molar-refractivity contribution < 1.29 is 9.47 Å². The van der Waals surface area contributed by atoms with Crippen molar-refractivity contribution in [2.24, 2.45) is 0 Å². The Morgan fingerprint density at radius 3 is 2.93 bits per heavy atom. The minimum atomic E-state index is 0.372. The third-order valence-electron chi connectivity index (χ3n) is 2.20. The van der Waals surface area contributed by atoms with Crippen LogP contribution in [0.5, 0.6) is 11.5 Å². The maximum Gasteiger partial charge on any atom is 0.175 e. The highest BCUT2D eigenvalue weighted by Gasteiger charge is 2.16. The fourth-order valence-corrected chi connectivity index (χ4v) is 2.05. The summed E-state index contributed by atoms with van der Waals surface area (Å²) in [5, 5.41) is 8.66. The highest BCUT2D eigenvalue weighted by atomic mass is 79.9. The maximum absolute atomic E-state index is 8.66. The monoisotopic (exact) mass is 267 g/mol. The van der Waals surface area contributed by atoms with Gasteiger partial charge in [0, 0.05) is 6.42 Å². The summed E-state index contributed by atoms with van der Waals surface area (Å²) < 4.78 is 11.9. The Labute approximate surface area is 96.7 Å². The van der Waals surface area contributed by atoms with E-state index in [-0.39, 0.29) is 0 Å². The van der Waals surface area contributed by atoms with Gasteiger partial charge in [-0.15, -0.1) is 0 Å². The van der Waals surface area contributed by atoms with E-state index in [4.69, 9.17) is 14.7 Å². The van der Waals surface area contributed by atoms with Gasteiger partial charge >= 0.3 is 0 Å². The van der Waals surface area contributed by atoms with E-state index in [1.54, 1.807) is 0 Å². The molecule has 3 nitrogen and oxygen atoms in total. The van der Waals surface area contributed by atoms with Gasteiger partial charge in [-0.3, -0.25) is 0 Å². The molecule has 0 saturated carbocycles. The van der Waals surface area contributed by atoms with Gasteiger partial charge in [-0.05, 0) is 27.6 Å². The van der Waals surface area contributed by atoms with Crippen LogP contribution in [0.25, 0.3) is 0 Å². The lowest BCUT2D eigenvalue weighted by molar-refractivity contribution is 0.296. The summed E-state index contributed by atoms with van der Waals surface area (Å²) in [7, 11) is 0. The smallest absolute Gasteiger partial charge is 0.175 e. The molecule has 0 amide bonds. The molecule has 0 bridgehead atoms. The number of benzene rings is 1. The third-order valence-corrected chi connectivity index (χ3v) is 3.07. The summed E-state index contributed by atoms with van der Waals surface area (Å²) in [6.07, 6.45) is 1.26. The molecule has 1 aromatic rings. The normalized spacial score (nSPS) is 14.1. The van der Waals surface area contributed by atoms with Crippen molar-refractivity contribution in [3.63, 3.8) is 0 Å². The number of hydrogen-bond donors (Lipinski definition) is 0. The van der Waals surface area contributed by atoms with Crippen LogP contribution in [0.1, 0.15) is 12.0 Å². The molecule has 1 heterocycles. The Morgan fingerprint density at radius 2 is 2.13 bits per heavy atom. The second kappa shape index (κ2) is 4.54. The van der Waals surface area contributed by atoms with Crippen molar-refractivity contribution in [1.29, 1.82) is 5.26 Å². The highest BCUT2D eigenvalue weighted by molar-refractivity contribution is 9.10. The van der Waals surface area contributed by atoms with E-state index in [1.807, 2.05) is 12.1 Å². The van der Waals surface area contributed by atoms with E-state index in [0.717, 1.165) is 28.0 Å². The average Bonchev–Trinajstić information content (AvgIpc) is 2.48. The second-order valence-corrected chi connectivity index (χ2v) is 4.04. The Balaban J connectivity index is 2.42. The third kappa shape index (κ3) is 2.07. The molecule has 1 aliphatic heterocycles. The van der Waals surface area contributed by atoms with Crippen molar-refractivity contribution >= 4 is 15.9 Å². The zero-order chi connectivity index (χ0) is 10.7. The van der Waals surface area contributed by atoms with Gasteiger partial charge in [-0.2, -0.15) is 5.26 Å². The molecule has 1 aliphatic rings. The van der Waals surface area contributed by atoms with Crippen LogP contribution >= 0.6 is 15.9 Å². The standard InChI is InChI=1S/C11H10BrNO2/c12-10-8(4-5-13)2-3-9-11(10)15-7-1-6-14-9/h2-3H,1,4,6-7H2. The van der Waals surface area contributed by atoms with Crippen LogP contribution in [0.3, 0.4) is 0 Å². The van der Waals surface area contributed by atoms with Gasteiger partial charge in [0.2, 0.25) is 0 Å². The summed E-state index contributed by atoms with van der Waals surface area (Å²) in [6.45, 7) is 1.33. The first-order valence-electron chi connectivity index (χ1n) is 4.77. The molecule has 0 fully saturated rings. The number of ether oxygens (including phenoxy) is 2. The Kier molecular flexibility index (Phi) is 3.12. The van der Waals surface area contributed by atoms with Gasteiger partial charge in [-0.25, -0.2) is 0 Å². The molecule has 0 radical (unpaired) electrons. The Morgan fingerprint density at radius 1 is 1.33 bits per heavy atom. The zero-order valence-corrected chi connectivity index (χ0v) is 9.71. The van der Waals surface area contributed by atoms with Crippen LogP contribution in [0, 0.1) is 11.3 Å². The predicted molar refractivity (Wildman–Crippen MR) is 59.1 cm³/mol. The zero-order valence-electron chi connectivity index (χ0n) is 8.12. The Hall–Kier alpha value is -1.21. The van der Waals surface area contributed by atoms with Crippen LogP contribution in [-0.4, -0.2) is 13.2 Å². The van der Waals surface area contributed by atoms with E-state index in [9.17, 15) is 0 Å². The number of nitrogens with zero attached hydrogens (tertiary/aromatic N) is 1. The number of fused-ring (bicyclic) bond motifs is 1. The van der Waals surface area contributed by atoms with Gasteiger partial charge in [0.25, 0.3) is 0 Å². The minimum Gasteiger partial charge on any atom is -0.490 e. The van der Waals surface area contributed by atoms with Crippen LogP contribution in [0.2, 0.25) is 0 Å². The molecule has 4 heteroatoms. The number of nitriles is 1. The first-order valence-corrected chi connectivity index (χ1v) is 5.56. The van der Waals surface area contributed by atoms with Crippen molar-refractivity contribution in [3.05, 3.63) is 22.2 Å². The lowest BCUT2D eigenvalue weighted by Gasteiger charge is -2.11. The number of hydrogen-bond acceptors (Lipinski definition) is 3. The van der Waals surface area contributed by atoms with Crippen molar-refractivity contribution in [1.82, 2.24) is 0 Å². The van der Waals surface area contributed by atoms with Crippen LogP contribution in [-0.2, 0) is 6.42 Å². The first-order chi connectivity index (χ1) is 7.33. The molecule has 0 saturated heterocycles. The minimum absolute atomic E-state index is 0.372. The molecule has 78 valence electrons.